The van der Waals surface area contributed by atoms with Gasteiger partial charge in [-0.3, -0.25) is 9.59 Å². The minimum absolute atomic E-state index is 0.0654. The summed E-state index contributed by atoms with van der Waals surface area (Å²) in [5.41, 5.74) is 3.19. The topological polar surface area (TPSA) is 58.6 Å². The standard InChI is InChI=1S/C27H35BrN2O3/c1-4-25(27(32)29-22-8-6-5-7-9-22)30(17-21-12-10-19(2)11-13-21)26(31)18-33-23-14-15-24(28)20(3)16-23/h10-16,22,25H,4-9,17-18H2,1-3H3,(H,29,32)/t25-/m0/s1. The highest BCUT2D eigenvalue weighted by atomic mass is 79.9. The fraction of sp³-hybridized carbons (Fsp3) is 0.481. The molecule has 6 heteroatoms. The largest absolute Gasteiger partial charge is 0.484 e. The molecule has 0 radical (unpaired) electrons. The maximum Gasteiger partial charge on any atom is 0.261 e. The van der Waals surface area contributed by atoms with Crippen molar-refractivity contribution in [1.29, 1.82) is 0 Å². The van der Waals surface area contributed by atoms with Crippen molar-refractivity contribution in [2.45, 2.75) is 77.9 Å². The van der Waals surface area contributed by atoms with E-state index in [1.165, 1.54) is 6.42 Å². The van der Waals surface area contributed by atoms with Crippen molar-refractivity contribution in [3.63, 3.8) is 0 Å². The van der Waals surface area contributed by atoms with Crippen LogP contribution in [-0.2, 0) is 16.1 Å². The number of carbonyl (C=O) groups is 2. The molecule has 1 N–H and O–H groups in total. The van der Waals surface area contributed by atoms with Crippen LogP contribution in [0.25, 0.3) is 0 Å². The second-order valence-electron chi connectivity index (χ2n) is 8.97. The van der Waals surface area contributed by atoms with Gasteiger partial charge >= 0.3 is 0 Å². The van der Waals surface area contributed by atoms with Crippen LogP contribution < -0.4 is 10.1 Å². The van der Waals surface area contributed by atoms with Gasteiger partial charge in [0.15, 0.2) is 6.61 Å². The molecular formula is C27H35BrN2O3. The van der Waals surface area contributed by atoms with Crippen molar-refractivity contribution in [1.82, 2.24) is 10.2 Å². The Kier molecular flexibility index (Phi) is 9.36. The Morgan fingerprint density at radius 3 is 2.42 bits per heavy atom. The molecular weight excluding hydrogens is 480 g/mol. The number of aryl methyl sites for hydroxylation is 2. The molecule has 0 heterocycles. The Hall–Kier alpha value is -2.34. The van der Waals surface area contributed by atoms with Crippen molar-refractivity contribution in [2.24, 2.45) is 0 Å². The molecule has 0 aromatic heterocycles. The van der Waals surface area contributed by atoms with Crippen molar-refractivity contribution in [3.05, 3.63) is 63.6 Å². The van der Waals surface area contributed by atoms with E-state index in [0.717, 1.165) is 46.8 Å². The van der Waals surface area contributed by atoms with Gasteiger partial charge in [-0.15, -0.1) is 0 Å². The second kappa shape index (κ2) is 12.2. The van der Waals surface area contributed by atoms with Gasteiger partial charge in [0.2, 0.25) is 5.91 Å². The number of hydrogen-bond donors (Lipinski definition) is 1. The van der Waals surface area contributed by atoms with Gasteiger partial charge in [-0.2, -0.15) is 0 Å². The summed E-state index contributed by atoms with van der Waals surface area (Å²) < 4.78 is 6.82. The van der Waals surface area contributed by atoms with E-state index in [1.807, 2.05) is 63.2 Å². The molecule has 1 aliphatic carbocycles. The summed E-state index contributed by atoms with van der Waals surface area (Å²) in [6.07, 6.45) is 6.10. The molecule has 33 heavy (non-hydrogen) atoms. The third-order valence-electron chi connectivity index (χ3n) is 6.30. The molecule has 0 spiro atoms. The molecule has 1 fully saturated rings. The Balaban J connectivity index is 1.75. The number of rotatable bonds is 9. The van der Waals surface area contributed by atoms with Crippen LogP contribution in [0.5, 0.6) is 5.75 Å². The number of hydrogen-bond acceptors (Lipinski definition) is 3. The van der Waals surface area contributed by atoms with Crippen LogP contribution in [0.1, 0.15) is 62.1 Å². The number of ether oxygens (including phenoxy) is 1. The van der Waals surface area contributed by atoms with E-state index >= 15 is 0 Å². The van der Waals surface area contributed by atoms with Crippen molar-refractivity contribution in [2.75, 3.05) is 6.61 Å². The van der Waals surface area contributed by atoms with Crippen molar-refractivity contribution >= 4 is 27.7 Å². The first kappa shape index (κ1) is 25.3. The molecule has 0 bridgehead atoms. The van der Waals surface area contributed by atoms with Crippen LogP contribution in [0.3, 0.4) is 0 Å². The average Bonchev–Trinajstić information content (AvgIpc) is 2.81. The fourth-order valence-electron chi connectivity index (χ4n) is 4.29. The Bertz CT molecular complexity index is 939. The van der Waals surface area contributed by atoms with E-state index in [-0.39, 0.29) is 24.5 Å². The molecule has 5 nitrogen and oxygen atoms in total. The number of carbonyl (C=O) groups excluding carboxylic acids is 2. The number of amides is 2. The normalized spacial score (nSPS) is 15.0. The molecule has 0 saturated heterocycles. The van der Waals surface area contributed by atoms with Crippen LogP contribution in [0.15, 0.2) is 46.9 Å². The summed E-state index contributed by atoms with van der Waals surface area (Å²) in [6.45, 7) is 6.23. The number of nitrogens with zero attached hydrogens (tertiary/aromatic N) is 1. The molecule has 0 aliphatic heterocycles. The number of benzene rings is 2. The molecule has 178 valence electrons. The highest BCUT2D eigenvalue weighted by Gasteiger charge is 2.30. The van der Waals surface area contributed by atoms with Gasteiger partial charge in [0.05, 0.1) is 0 Å². The Morgan fingerprint density at radius 2 is 1.79 bits per heavy atom. The fourth-order valence-corrected chi connectivity index (χ4v) is 4.54. The molecule has 1 saturated carbocycles. The molecule has 1 aliphatic rings. The van der Waals surface area contributed by atoms with E-state index in [9.17, 15) is 9.59 Å². The zero-order valence-corrected chi connectivity index (χ0v) is 21.5. The smallest absolute Gasteiger partial charge is 0.261 e. The molecule has 1 atom stereocenters. The van der Waals surface area contributed by atoms with Gasteiger partial charge in [-0.05, 0) is 62.4 Å². The molecule has 2 amide bonds. The van der Waals surface area contributed by atoms with Crippen LogP contribution in [-0.4, -0.2) is 35.4 Å². The van der Waals surface area contributed by atoms with Crippen LogP contribution in [0, 0.1) is 13.8 Å². The zero-order chi connectivity index (χ0) is 23.8. The van der Waals surface area contributed by atoms with Crippen LogP contribution in [0.4, 0.5) is 0 Å². The lowest BCUT2D eigenvalue weighted by Gasteiger charge is -2.32. The molecule has 3 rings (SSSR count). The predicted octanol–water partition coefficient (Wildman–Crippen LogP) is 5.70. The highest BCUT2D eigenvalue weighted by Crippen LogP contribution is 2.22. The SMILES string of the molecule is CC[C@@H](C(=O)NC1CCCCC1)N(Cc1ccc(C)cc1)C(=O)COc1ccc(Br)c(C)c1. The number of halogens is 1. The van der Waals surface area contributed by atoms with Gasteiger partial charge in [0.1, 0.15) is 11.8 Å². The summed E-state index contributed by atoms with van der Waals surface area (Å²) in [4.78, 5) is 28.3. The van der Waals surface area contributed by atoms with E-state index in [0.29, 0.717) is 18.7 Å². The first-order valence-corrected chi connectivity index (χ1v) is 12.7. The number of nitrogens with one attached hydrogen (secondary N) is 1. The van der Waals surface area contributed by atoms with E-state index in [4.69, 9.17) is 4.74 Å². The van der Waals surface area contributed by atoms with Gasteiger partial charge in [0.25, 0.3) is 5.91 Å². The average molecular weight is 515 g/mol. The first-order valence-electron chi connectivity index (χ1n) is 11.9. The van der Waals surface area contributed by atoms with Gasteiger partial charge in [0, 0.05) is 17.1 Å². The summed E-state index contributed by atoms with van der Waals surface area (Å²) in [5, 5.41) is 3.21. The lowest BCUT2D eigenvalue weighted by molar-refractivity contribution is -0.143. The third-order valence-corrected chi connectivity index (χ3v) is 7.19. The summed E-state index contributed by atoms with van der Waals surface area (Å²) in [6, 6.07) is 13.4. The highest BCUT2D eigenvalue weighted by molar-refractivity contribution is 9.10. The zero-order valence-electron chi connectivity index (χ0n) is 19.9. The van der Waals surface area contributed by atoms with E-state index in [1.54, 1.807) is 4.90 Å². The summed E-state index contributed by atoms with van der Waals surface area (Å²) >= 11 is 3.48. The quantitative estimate of drug-likeness (QED) is 0.466. The minimum atomic E-state index is -0.531. The van der Waals surface area contributed by atoms with E-state index < -0.39 is 6.04 Å². The first-order chi connectivity index (χ1) is 15.9. The molecule has 2 aromatic rings. The van der Waals surface area contributed by atoms with Crippen molar-refractivity contribution < 1.29 is 14.3 Å². The lowest BCUT2D eigenvalue weighted by atomic mass is 9.95. The summed E-state index contributed by atoms with van der Waals surface area (Å²) in [5.74, 6) is 0.380. The second-order valence-corrected chi connectivity index (χ2v) is 9.83. The van der Waals surface area contributed by atoms with Gasteiger partial charge < -0.3 is 15.0 Å². The van der Waals surface area contributed by atoms with Gasteiger partial charge in [-0.1, -0.05) is 71.9 Å². The Morgan fingerprint density at radius 1 is 1.09 bits per heavy atom. The monoisotopic (exact) mass is 514 g/mol. The molecule has 0 unspecified atom stereocenters. The maximum atomic E-state index is 13.3. The Labute approximate surface area is 206 Å². The van der Waals surface area contributed by atoms with Crippen LogP contribution in [0.2, 0.25) is 0 Å². The van der Waals surface area contributed by atoms with Crippen molar-refractivity contribution in [3.8, 4) is 5.75 Å². The maximum absolute atomic E-state index is 13.3. The molecule has 2 aromatic carbocycles. The van der Waals surface area contributed by atoms with Crippen LogP contribution >= 0.6 is 15.9 Å². The predicted molar refractivity (Wildman–Crippen MR) is 135 cm³/mol. The van der Waals surface area contributed by atoms with E-state index in [2.05, 4.69) is 21.2 Å². The van der Waals surface area contributed by atoms with Gasteiger partial charge in [-0.25, -0.2) is 0 Å². The third kappa shape index (κ3) is 7.32. The lowest BCUT2D eigenvalue weighted by Crippen LogP contribution is -2.52. The summed E-state index contributed by atoms with van der Waals surface area (Å²) in [7, 11) is 0. The minimum Gasteiger partial charge on any atom is -0.484 e.